The Hall–Kier alpha value is -1.83. The van der Waals surface area contributed by atoms with Crippen molar-refractivity contribution in [2.75, 3.05) is 32.1 Å². The van der Waals surface area contributed by atoms with E-state index in [-0.39, 0.29) is 17.7 Å². The lowest BCUT2D eigenvalue weighted by Gasteiger charge is -2.24. The summed E-state index contributed by atoms with van der Waals surface area (Å²) in [5.74, 6) is 0.310. The molecule has 8 heteroatoms. The van der Waals surface area contributed by atoms with Gasteiger partial charge in [-0.05, 0) is 54.8 Å². The summed E-state index contributed by atoms with van der Waals surface area (Å²) in [6, 6.07) is 3.48. The van der Waals surface area contributed by atoms with Gasteiger partial charge in [0.1, 0.15) is 11.4 Å². The molecule has 0 unspecified atom stereocenters. The first-order chi connectivity index (χ1) is 12.0. The van der Waals surface area contributed by atoms with Crippen LogP contribution in [0.5, 0.6) is 0 Å². The van der Waals surface area contributed by atoms with E-state index in [1.165, 1.54) is 4.90 Å². The number of nitrogens with one attached hydrogen (secondary N) is 1. The van der Waals surface area contributed by atoms with Gasteiger partial charge in [-0.1, -0.05) is 13.8 Å². The van der Waals surface area contributed by atoms with E-state index < -0.39 is 11.6 Å². The molecule has 26 heavy (non-hydrogen) atoms. The molecule has 1 heterocycles. The molecule has 7 nitrogen and oxygen atoms in total. The predicted octanol–water partition coefficient (Wildman–Crippen LogP) is 3.94. The molecule has 0 saturated heterocycles. The summed E-state index contributed by atoms with van der Waals surface area (Å²) in [6.07, 6.45) is -0.388. The highest BCUT2D eigenvalue weighted by molar-refractivity contribution is 9.10. The van der Waals surface area contributed by atoms with E-state index in [1.54, 1.807) is 19.2 Å². The summed E-state index contributed by atoms with van der Waals surface area (Å²) in [5, 5.41) is 3.09. The molecule has 0 spiro atoms. The van der Waals surface area contributed by atoms with E-state index in [2.05, 4.69) is 26.2 Å². The molecule has 0 saturated carbocycles. The minimum Gasteiger partial charge on any atom is -0.461 e. The van der Waals surface area contributed by atoms with Crippen molar-refractivity contribution in [1.29, 1.82) is 0 Å². The Labute approximate surface area is 163 Å². The number of ether oxygens (including phenoxy) is 2. The Kier molecular flexibility index (Phi) is 8.33. The summed E-state index contributed by atoms with van der Waals surface area (Å²) in [7, 11) is 1.67. The first kappa shape index (κ1) is 22.2. The number of halogens is 1. The lowest BCUT2D eigenvalue weighted by Crippen LogP contribution is -2.36. The van der Waals surface area contributed by atoms with Gasteiger partial charge < -0.3 is 19.7 Å². The Morgan fingerprint density at radius 3 is 2.54 bits per heavy atom. The van der Waals surface area contributed by atoms with E-state index in [0.29, 0.717) is 30.0 Å². The average molecular weight is 430 g/mol. The number of carbonyl (C=O) groups excluding carboxylic acids is 2. The average Bonchev–Trinajstić information content (AvgIpc) is 2.52. The van der Waals surface area contributed by atoms with Gasteiger partial charge in [0.25, 0.3) is 0 Å². The van der Waals surface area contributed by atoms with E-state index in [4.69, 9.17) is 9.47 Å². The Bertz CT molecular complexity index is 629. The second-order valence-corrected chi connectivity index (χ2v) is 8.20. The zero-order valence-corrected chi connectivity index (χ0v) is 17.8. The summed E-state index contributed by atoms with van der Waals surface area (Å²) in [6.45, 7) is 10.6. The van der Waals surface area contributed by atoms with E-state index in [9.17, 15) is 9.59 Å². The number of esters is 1. The number of likely N-dealkylation sites (N-methyl/N-ethyl adjacent to an activating group) is 1. The van der Waals surface area contributed by atoms with E-state index in [0.717, 1.165) is 0 Å². The van der Waals surface area contributed by atoms with Crippen molar-refractivity contribution in [3.8, 4) is 0 Å². The van der Waals surface area contributed by atoms with Crippen molar-refractivity contribution >= 4 is 33.8 Å². The summed E-state index contributed by atoms with van der Waals surface area (Å²) < 4.78 is 11.1. The molecule has 1 amide bonds. The fourth-order valence-electron chi connectivity index (χ4n) is 1.78. The van der Waals surface area contributed by atoms with E-state index in [1.807, 2.05) is 34.6 Å². The fraction of sp³-hybridized carbons (Fsp3) is 0.611. The van der Waals surface area contributed by atoms with Crippen LogP contribution in [0.1, 0.15) is 45.1 Å². The van der Waals surface area contributed by atoms with Gasteiger partial charge in [0.2, 0.25) is 0 Å². The van der Waals surface area contributed by atoms with Crippen molar-refractivity contribution in [3.63, 3.8) is 0 Å². The molecule has 146 valence electrons. The van der Waals surface area contributed by atoms with Crippen LogP contribution in [0.2, 0.25) is 0 Å². The third-order valence-corrected chi connectivity index (χ3v) is 3.69. The molecule has 0 aromatic carbocycles. The minimum atomic E-state index is -0.530. The van der Waals surface area contributed by atoms with Crippen LogP contribution in [-0.2, 0) is 9.47 Å². The molecule has 0 aliphatic heterocycles. The van der Waals surface area contributed by atoms with Crippen LogP contribution >= 0.6 is 15.9 Å². The first-order valence-electron chi connectivity index (χ1n) is 8.51. The maximum atomic E-state index is 12.1. The monoisotopic (exact) mass is 429 g/mol. The number of hydrogen-bond acceptors (Lipinski definition) is 6. The third kappa shape index (κ3) is 8.03. The number of hydrogen-bond donors (Lipinski definition) is 1. The number of amides is 1. The Balaban J connectivity index is 2.59. The number of carbonyl (C=O) groups is 2. The van der Waals surface area contributed by atoms with Crippen LogP contribution < -0.4 is 5.32 Å². The van der Waals surface area contributed by atoms with Gasteiger partial charge in [-0.2, -0.15) is 0 Å². The van der Waals surface area contributed by atoms with Crippen molar-refractivity contribution in [2.45, 2.75) is 40.2 Å². The summed E-state index contributed by atoms with van der Waals surface area (Å²) >= 11 is 3.32. The molecule has 0 radical (unpaired) electrons. The fourth-order valence-corrected chi connectivity index (χ4v) is 2.16. The zero-order valence-electron chi connectivity index (χ0n) is 16.3. The SMILES string of the molecule is CC(C)COC(=O)c1nc(NCCN(C)C(=O)OC(C)(C)C)ccc1Br. The molecule has 1 rings (SSSR count). The van der Waals surface area contributed by atoms with Crippen molar-refractivity contribution in [3.05, 3.63) is 22.3 Å². The molecule has 0 aliphatic rings. The van der Waals surface area contributed by atoms with Crippen LogP contribution in [0, 0.1) is 5.92 Å². The van der Waals surface area contributed by atoms with Gasteiger partial charge in [-0.25, -0.2) is 14.6 Å². The van der Waals surface area contributed by atoms with Gasteiger partial charge in [0.15, 0.2) is 5.69 Å². The second-order valence-electron chi connectivity index (χ2n) is 7.35. The third-order valence-electron chi connectivity index (χ3n) is 3.05. The number of rotatable bonds is 7. The maximum absolute atomic E-state index is 12.1. The number of pyridine rings is 1. The van der Waals surface area contributed by atoms with Crippen LogP contribution in [0.3, 0.4) is 0 Å². The molecular weight excluding hydrogens is 402 g/mol. The van der Waals surface area contributed by atoms with Gasteiger partial charge in [0.05, 0.1) is 11.1 Å². The van der Waals surface area contributed by atoms with Gasteiger partial charge >= 0.3 is 12.1 Å². The highest BCUT2D eigenvalue weighted by Crippen LogP contribution is 2.18. The quantitative estimate of drug-likeness (QED) is 0.661. The normalized spacial score (nSPS) is 11.2. The van der Waals surface area contributed by atoms with Crippen molar-refractivity contribution in [2.24, 2.45) is 5.92 Å². The largest absolute Gasteiger partial charge is 0.461 e. The highest BCUT2D eigenvalue weighted by Gasteiger charge is 2.19. The Morgan fingerprint density at radius 1 is 1.31 bits per heavy atom. The number of aromatic nitrogens is 1. The molecule has 0 atom stereocenters. The number of anilines is 1. The first-order valence-corrected chi connectivity index (χ1v) is 9.30. The molecule has 0 bridgehead atoms. The Morgan fingerprint density at radius 2 is 1.96 bits per heavy atom. The molecule has 0 fully saturated rings. The van der Waals surface area contributed by atoms with Crippen LogP contribution in [0.4, 0.5) is 10.6 Å². The molecule has 1 aromatic heterocycles. The zero-order chi connectivity index (χ0) is 19.9. The summed E-state index contributed by atoms with van der Waals surface area (Å²) in [5.41, 5.74) is -0.312. The lowest BCUT2D eigenvalue weighted by molar-refractivity contribution is 0.0305. The van der Waals surface area contributed by atoms with Gasteiger partial charge in [-0.3, -0.25) is 0 Å². The standard InChI is InChI=1S/C18H28BrN3O4/c1-12(2)11-25-16(23)15-13(19)7-8-14(21-15)20-9-10-22(6)17(24)26-18(3,4)5/h7-8,12H,9-11H2,1-6H3,(H,20,21). The minimum absolute atomic E-state index is 0.219. The second kappa shape index (κ2) is 9.75. The topological polar surface area (TPSA) is 80.8 Å². The molecule has 0 aliphatic carbocycles. The number of nitrogens with zero attached hydrogens (tertiary/aromatic N) is 2. The highest BCUT2D eigenvalue weighted by atomic mass is 79.9. The predicted molar refractivity (Wildman–Crippen MR) is 104 cm³/mol. The van der Waals surface area contributed by atoms with Crippen LogP contribution in [0.25, 0.3) is 0 Å². The van der Waals surface area contributed by atoms with Crippen LogP contribution in [0.15, 0.2) is 16.6 Å². The van der Waals surface area contributed by atoms with Gasteiger partial charge in [0, 0.05) is 20.1 Å². The molecule has 1 aromatic rings. The van der Waals surface area contributed by atoms with Crippen molar-refractivity contribution < 1.29 is 19.1 Å². The van der Waals surface area contributed by atoms with E-state index >= 15 is 0 Å². The maximum Gasteiger partial charge on any atom is 0.410 e. The summed E-state index contributed by atoms with van der Waals surface area (Å²) in [4.78, 5) is 29.8. The molecule has 1 N–H and O–H groups in total. The van der Waals surface area contributed by atoms with Crippen molar-refractivity contribution in [1.82, 2.24) is 9.88 Å². The smallest absolute Gasteiger partial charge is 0.410 e. The van der Waals surface area contributed by atoms with Gasteiger partial charge in [-0.15, -0.1) is 0 Å². The molecular formula is C18H28BrN3O4. The lowest BCUT2D eigenvalue weighted by atomic mass is 10.2. The van der Waals surface area contributed by atoms with Crippen LogP contribution in [-0.4, -0.2) is 54.3 Å².